The zero-order chi connectivity index (χ0) is 20.7. The molecule has 0 unspecified atom stereocenters. The minimum absolute atomic E-state index is 0.0251. The minimum atomic E-state index is -3.68. The molecule has 0 atom stereocenters. The van der Waals surface area contributed by atoms with Gasteiger partial charge in [0.1, 0.15) is 11.5 Å². The first-order valence-electron chi connectivity index (χ1n) is 9.07. The van der Waals surface area contributed by atoms with Crippen molar-refractivity contribution in [3.8, 4) is 11.5 Å². The van der Waals surface area contributed by atoms with Gasteiger partial charge in [-0.2, -0.15) is 4.31 Å². The minimum Gasteiger partial charge on any atom is -0.506 e. The first-order valence-corrected chi connectivity index (χ1v) is 10.5. The van der Waals surface area contributed by atoms with E-state index in [1.807, 2.05) is 24.3 Å². The molecule has 0 aliphatic heterocycles. The molecular weight excluding hydrogens is 380 g/mol. The number of ether oxygens (including phenoxy) is 1. The molecule has 0 aliphatic rings. The maximum absolute atomic E-state index is 12.6. The van der Waals surface area contributed by atoms with E-state index in [1.54, 1.807) is 21.0 Å². The number of benzene rings is 2. The first-order chi connectivity index (χ1) is 13.3. The Labute approximate surface area is 166 Å². The molecule has 0 spiro atoms. The molecular formula is C20H26N2O5S. The lowest BCUT2D eigenvalue weighted by atomic mass is 10.1. The maximum Gasteiger partial charge on any atom is 0.243 e. The smallest absolute Gasteiger partial charge is 0.243 e. The molecule has 2 rings (SSSR count). The van der Waals surface area contributed by atoms with E-state index in [0.717, 1.165) is 5.56 Å². The largest absolute Gasteiger partial charge is 0.506 e. The van der Waals surface area contributed by atoms with Gasteiger partial charge in [0.2, 0.25) is 15.9 Å². The van der Waals surface area contributed by atoms with Crippen LogP contribution in [0.5, 0.6) is 11.5 Å². The second-order valence-corrected chi connectivity index (χ2v) is 8.11. The molecule has 2 N–H and O–H groups in total. The monoisotopic (exact) mass is 406 g/mol. The van der Waals surface area contributed by atoms with E-state index >= 15 is 0 Å². The second kappa shape index (κ2) is 9.57. The number of anilines is 1. The van der Waals surface area contributed by atoms with Crippen molar-refractivity contribution < 1.29 is 23.1 Å². The second-order valence-electron chi connectivity index (χ2n) is 6.17. The number of aromatic hydroxyl groups is 1. The Morgan fingerprint density at radius 3 is 2.50 bits per heavy atom. The van der Waals surface area contributed by atoms with E-state index < -0.39 is 10.0 Å². The van der Waals surface area contributed by atoms with E-state index in [9.17, 15) is 18.3 Å². The van der Waals surface area contributed by atoms with Gasteiger partial charge in [-0.05, 0) is 42.3 Å². The van der Waals surface area contributed by atoms with E-state index in [1.165, 1.54) is 22.5 Å². The van der Waals surface area contributed by atoms with Gasteiger partial charge < -0.3 is 15.2 Å². The topological polar surface area (TPSA) is 95.9 Å². The Morgan fingerprint density at radius 1 is 1.14 bits per heavy atom. The molecule has 0 radical (unpaired) electrons. The Balaban J connectivity index is 2.11. The van der Waals surface area contributed by atoms with Crippen LogP contribution < -0.4 is 10.1 Å². The number of sulfonamides is 1. The molecule has 2 aromatic rings. The highest BCUT2D eigenvalue weighted by Crippen LogP contribution is 2.28. The van der Waals surface area contributed by atoms with Crippen LogP contribution in [0.3, 0.4) is 0 Å². The third-order valence-electron chi connectivity index (χ3n) is 4.36. The fourth-order valence-corrected chi connectivity index (χ4v) is 4.27. The summed E-state index contributed by atoms with van der Waals surface area (Å²) in [5.74, 6) is 0.202. The summed E-state index contributed by atoms with van der Waals surface area (Å²) in [6.45, 7) is 4.18. The van der Waals surface area contributed by atoms with Crippen LogP contribution in [-0.2, 0) is 21.2 Å². The molecule has 0 saturated heterocycles. The molecule has 0 aliphatic carbocycles. The van der Waals surface area contributed by atoms with Gasteiger partial charge in [-0.25, -0.2) is 8.42 Å². The van der Waals surface area contributed by atoms with E-state index in [0.29, 0.717) is 25.3 Å². The van der Waals surface area contributed by atoms with Gasteiger partial charge in [0, 0.05) is 19.5 Å². The molecule has 0 fully saturated rings. The van der Waals surface area contributed by atoms with Crippen molar-refractivity contribution in [2.45, 2.75) is 31.6 Å². The normalized spacial score (nSPS) is 11.4. The molecule has 7 nitrogen and oxygen atoms in total. The zero-order valence-corrected chi connectivity index (χ0v) is 17.1. The zero-order valence-electron chi connectivity index (χ0n) is 16.3. The van der Waals surface area contributed by atoms with Crippen LogP contribution in [-0.4, -0.2) is 43.9 Å². The van der Waals surface area contributed by atoms with Crippen molar-refractivity contribution in [1.82, 2.24) is 4.31 Å². The highest BCUT2D eigenvalue weighted by molar-refractivity contribution is 7.89. The number of nitrogens with zero attached hydrogens (tertiary/aromatic N) is 1. The summed E-state index contributed by atoms with van der Waals surface area (Å²) in [5, 5.41) is 12.6. The predicted molar refractivity (Wildman–Crippen MR) is 108 cm³/mol. The van der Waals surface area contributed by atoms with Crippen LogP contribution in [0.1, 0.15) is 25.8 Å². The number of nitrogens with one attached hydrogen (secondary N) is 1. The number of methoxy groups -OCH3 is 1. The number of hydrogen-bond donors (Lipinski definition) is 2. The lowest BCUT2D eigenvalue weighted by Gasteiger charge is -2.19. The average molecular weight is 407 g/mol. The Kier molecular flexibility index (Phi) is 7.42. The lowest BCUT2D eigenvalue weighted by Crippen LogP contribution is -2.30. The molecule has 0 bridgehead atoms. The van der Waals surface area contributed by atoms with Gasteiger partial charge in [-0.1, -0.05) is 26.0 Å². The van der Waals surface area contributed by atoms with Crippen LogP contribution in [0.25, 0.3) is 0 Å². The summed E-state index contributed by atoms with van der Waals surface area (Å²) in [6, 6.07) is 11.3. The Bertz CT molecular complexity index is 924. The van der Waals surface area contributed by atoms with Gasteiger partial charge in [0.25, 0.3) is 0 Å². The van der Waals surface area contributed by atoms with Crippen LogP contribution in [0.4, 0.5) is 5.69 Å². The van der Waals surface area contributed by atoms with Gasteiger partial charge in [0.15, 0.2) is 0 Å². The highest BCUT2D eigenvalue weighted by Gasteiger charge is 2.23. The van der Waals surface area contributed by atoms with Crippen LogP contribution in [0.15, 0.2) is 47.4 Å². The molecule has 8 heteroatoms. The lowest BCUT2D eigenvalue weighted by molar-refractivity contribution is -0.116. The van der Waals surface area contributed by atoms with Crippen molar-refractivity contribution in [3.63, 3.8) is 0 Å². The van der Waals surface area contributed by atoms with E-state index in [2.05, 4.69) is 5.32 Å². The number of carbonyl (C=O) groups is 1. The average Bonchev–Trinajstić information content (AvgIpc) is 2.69. The summed E-state index contributed by atoms with van der Waals surface area (Å²) in [7, 11) is -2.10. The van der Waals surface area contributed by atoms with Crippen molar-refractivity contribution in [2.24, 2.45) is 0 Å². The number of amides is 1. The number of aryl methyl sites for hydroxylation is 1. The summed E-state index contributed by atoms with van der Waals surface area (Å²) >= 11 is 0. The van der Waals surface area contributed by atoms with Gasteiger partial charge >= 0.3 is 0 Å². The summed E-state index contributed by atoms with van der Waals surface area (Å²) in [6.07, 6.45) is 0.668. The summed E-state index contributed by atoms with van der Waals surface area (Å²) in [4.78, 5) is 12.3. The van der Waals surface area contributed by atoms with Crippen LogP contribution >= 0.6 is 0 Å². The molecule has 28 heavy (non-hydrogen) atoms. The quantitative estimate of drug-likeness (QED) is 0.624. The number of carbonyl (C=O) groups excluding carboxylic acids is 1. The molecule has 0 aromatic heterocycles. The number of phenols is 1. The first kappa shape index (κ1) is 21.7. The Morgan fingerprint density at radius 2 is 1.86 bits per heavy atom. The van der Waals surface area contributed by atoms with Crippen molar-refractivity contribution in [1.29, 1.82) is 0 Å². The van der Waals surface area contributed by atoms with Gasteiger partial charge in [-0.15, -0.1) is 0 Å². The van der Waals surface area contributed by atoms with Crippen LogP contribution in [0.2, 0.25) is 0 Å². The summed E-state index contributed by atoms with van der Waals surface area (Å²) in [5.41, 5.74) is 1.01. The number of rotatable bonds is 9. The summed E-state index contributed by atoms with van der Waals surface area (Å²) < 4.78 is 31.7. The fraction of sp³-hybridized carbons (Fsp3) is 0.350. The molecule has 152 valence electrons. The van der Waals surface area contributed by atoms with E-state index in [-0.39, 0.29) is 28.7 Å². The highest BCUT2D eigenvalue weighted by atomic mass is 32.2. The third kappa shape index (κ3) is 5.24. The van der Waals surface area contributed by atoms with Crippen molar-refractivity contribution in [3.05, 3.63) is 48.0 Å². The number of hydrogen-bond acceptors (Lipinski definition) is 5. The van der Waals surface area contributed by atoms with Crippen molar-refractivity contribution in [2.75, 3.05) is 25.5 Å². The van der Waals surface area contributed by atoms with Gasteiger partial charge in [-0.3, -0.25) is 4.79 Å². The predicted octanol–water partition coefficient (Wildman–Crippen LogP) is 3.00. The molecule has 0 heterocycles. The van der Waals surface area contributed by atoms with Gasteiger partial charge in [0.05, 0.1) is 17.7 Å². The molecule has 0 saturated carbocycles. The SMILES string of the molecule is CCN(CC)S(=O)(=O)c1ccc(O)c(NC(=O)CCc2cccc(OC)c2)c1. The standard InChI is InChI=1S/C20H26N2O5S/c1-4-22(5-2)28(25,26)17-10-11-19(23)18(14-17)21-20(24)12-9-15-7-6-8-16(13-15)27-3/h6-8,10-11,13-14,23H,4-5,9,12H2,1-3H3,(H,21,24). The van der Waals surface area contributed by atoms with Crippen LogP contribution in [0, 0.1) is 0 Å². The maximum atomic E-state index is 12.6. The number of phenolic OH excluding ortho intramolecular Hbond substituents is 1. The van der Waals surface area contributed by atoms with E-state index in [4.69, 9.17) is 4.74 Å². The molecule has 1 amide bonds. The fourth-order valence-electron chi connectivity index (χ4n) is 2.79. The third-order valence-corrected chi connectivity index (χ3v) is 6.41. The molecule has 2 aromatic carbocycles. The Hall–Kier alpha value is -2.58. The van der Waals surface area contributed by atoms with Crippen molar-refractivity contribution >= 4 is 21.6 Å².